The third-order valence-electron chi connectivity index (χ3n) is 10.0. The van der Waals surface area contributed by atoms with Crippen molar-refractivity contribution in [2.75, 3.05) is 46.5 Å². The van der Waals surface area contributed by atoms with E-state index in [1.54, 1.807) is 30.2 Å². The number of likely N-dealkylation sites (tertiary alicyclic amines) is 1. The minimum Gasteiger partial charge on any atom is -0.493 e. The fourth-order valence-corrected chi connectivity index (χ4v) is 7.01. The summed E-state index contributed by atoms with van der Waals surface area (Å²) >= 11 is 0. The Morgan fingerprint density at radius 2 is 1.76 bits per heavy atom. The van der Waals surface area contributed by atoms with E-state index in [1.807, 2.05) is 24.3 Å². The van der Waals surface area contributed by atoms with E-state index < -0.39 is 17.7 Å². The van der Waals surface area contributed by atoms with Crippen LogP contribution in [0.25, 0.3) is 0 Å². The first-order valence-electron chi connectivity index (χ1n) is 17.8. The van der Waals surface area contributed by atoms with Gasteiger partial charge in [0.05, 0.1) is 13.2 Å². The van der Waals surface area contributed by atoms with Gasteiger partial charge in [-0.25, -0.2) is 0 Å². The summed E-state index contributed by atoms with van der Waals surface area (Å²) in [6, 6.07) is 12.1. The van der Waals surface area contributed by atoms with Gasteiger partial charge < -0.3 is 34.9 Å². The predicted molar refractivity (Wildman–Crippen MR) is 194 cm³/mol. The average molecular weight is 715 g/mol. The van der Waals surface area contributed by atoms with Gasteiger partial charge in [-0.15, -0.1) is 12.4 Å². The van der Waals surface area contributed by atoms with Gasteiger partial charge in [0.25, 0.3) is 5.91 Å². The van der Waals surface area contributed by atoms with Gasteiger partial charge in [-0.3, -0.25) is 19.3 Å². The summed E-state index contributed by atoms with van der Waals surface area (Å²) in [4.78, 5) is 44.4. The van der Waals surface area contributed by atoms with Crippen molar-refractivity contribution in [3.8, 4) is 17.2 Å². The van der Waals surface area contributed by atoms with E-state index in [0.29, 0.717) is 94.4 Å². The van der Waals surface area contributed by atoms with Crippen LogP contribution in [0.3, 0.4) is 0 Å². The van der Waals surface area contributed by atoms with Crippen LogP contribution < -0.4 is 20.1 Å². The lowest BCUT2D eigenvalue weighted by Crippen LogP contribution is -2.75. The van der Waals surface area contributed by atoms with Crippen LogP contribution in [-0.2, 0) is 20.9 Å². The highest BCUT2D eigenvalue weighted by molar-refractivity contribution is 6.00. The Balaban J connectivity index is 0.00000562. The molecular weight excluding hydrogens is 660 g/mol. The summed E-state index contributed by atoms with van der Waals surface area (Å²) in [6.07, 6.45) is 3.25. The highest BCUT2D eigenvalue weighted by Gasteiger charge is 2.55. The van der Waals surface area contributed by atoms with Gasteiger partial charge in [0.1, 0.15) is 17.3 Å². The van der Waals surface area contributed by atoms with Crippen LogP contribution >= 0.6 is 12.4 Å². The first-order chi connectivity index (χ1) is 23.4. The van der Waals surface area contributed by atoms with Gasteiger partial charge in [0.2, 0.25) is 11.8 Å². The van der Waals surface area contributed by atoms with Gasteiger partial charge in [-0.1, -0.05) is 46.2 Å². The SMILES string of the molecule is CCCCN1C(=O)[C@@H]([C@H](O)C2CCOCC2)NC(=O)C12CCN(Cc1ccc(Oc3ccc(C(=O)NCC(C)(C)C)cc3OC)cc1)CC2.Cl. The van der Waals surface area contributed by atoms with E-state index >= 15 is 0 Å². The Labute approximate surface area is 302 Å². The molecule has 1 spiro atoms. The minimum atomic E-state index is -0.917. The predicted octanol–water partition coefficient (Wildman–Crippen LogP) is 4.93. The first kappa shape index (κ1) is 39.4. The van der Waals surface area contributed by atoms with E-state index in [9.17, 15) is 19.5 Å². The van der Waals surface area contributed by atoms with Gasteiger partial charge >= 0.3 is 0 Å². The Morgan fingerprint density at radius 3 is 2.38 bits per heavy atom. The zero-order valence-electron chi connectivity index (χ0n) is 30.2. The molecule has 3 N–H and O–H groups in total. The lowest BCUT2D eigenvalue weighted by Gasteiger charge is -2.52. The summed E-state index contributed by atoms with van der Waals surface area (Å²) < 4.78 is 17.1. The number of piperidine rings is 1. The van der Waals surface area contributed by atoms with E-state index in [4.69, 9.17) is 14.2 Å². The summed E-state index contributed by atoms with van der Waals surface area (Å²) in [5.74, 6) is 1.09. The number of carbonyl (C=O) groups excluding carboxylic acids is 3. The Morgan fingerprint density at radius 1 is 1.08 bits per heavy atom. The van der Waals surface area contributed by atoms with Crippen molar-refractivity contribution in [1.29, 1.82) is 0 Å². The van der Waals surface area contributed by atoms with Crippen LogP contribution in [0.4, 0.5) is 0 Å². The largest absolute Gasteiger partial charge is 0.493 e. The smallest absolute Gasteiger partial charge is 0.251 e. The monoisotopic (exact) mass is 714 g/mol. The number of methoxy groups -OCH3 is 1. The number of amides is 3. The van der Waals surface area contributed by atoms with Crippen LogP contribution in [0.15, 0.2) is 42.5 Å². The van der Waals surface area contributed by atoms with Crippen molar-refractivity contribution >= 4 is 30.1 Å². The normalized spacial score (nSPS) is 20.5. The number of ether oxygens (including phenoxy) is 3. The number of aliphatic hydroxyl groups is 1. The molecule has 3 heterocycles. The van der Waals surface area contributed by atoms with E-state index in [-0.39, 0.29) is 41.5 Å². The number of carbonyl (C=O) groups is 3. The van der Waals surface area contributed by atoms with E-state index in [0.717, 1.165) is 18.4 Å². The van der Waals surface area contributed by atoms with Crippen LogP contribution in [-0.4, -0.2) is 96.8 Å². The second-order valence-electron chi connectivity index (χ2n) is 14.9. The second-order valence-corrected chi connectivity index (χ2v) is 14.9. The number of rotatable bonds is 12. The maximum atomic E-state index is 13.9. The highest BCUT2D eigenvalue weighted by Crippen LogP contribution is 2.36. The molecule has 0 saturated carbocycles. The number of unbranched alkanes of at least 4 members (excludes halogenated alkanes) is 1. The summed E-state index contributed by atoms with van der Waals surface area (Å²) in [7, 11) is 1.55. The summed E-state index contributed by atoms with van der Waals surface area (Å²) in [5, 5.41) is 17.1. The molecule has 0 bridgehead atoms. The number of piperazine rings is 1. The number of nitrogens with zero attached hydrogens (tertiary/aromatic N) is 2. The summed E-state index contributed by atoms with van der Waals surface area (Å²) in [5.41, 5.74) is 0.692. The van der Waals surface area contributed by atoms with Gasteiger partial charge in [-0.05, 0) is 79.3 Å². The molecule has 50 heavy (non-hydrogen) atoms. The first-order valence-corrected chi connectivity index (χ1v) is 17.8. The second kappa shape index (κ2) is 17.2. The van der Waals surface area contributed by atoms with Gasteiger partial charge in [-0.2, -0.15) is 0 Å². The third-order valence-corrected chi connectivity index (χ3v) is 10.0. The fourth-order valence-electron chi connectivity index (χ4n) is 7.01. The molecule has 5 rings (SSSR count). The lowest BCUT2D eigenvalue weighted by atomic mass is 9.79. The highest BCUT2D eigenvalue weighted by atomic mass is 35.5. The van der Waals surface area contributed by atoms with Crippen molar-refractivity contribution in [2.45, 2.75) is 90.4 Å². The number of halogens is 1. The van der Waals surface area contributed by atoms with Crippen LogP contribution in [0.2, 0.25) is 0 Å². The van der Waals surface area contributed by atoms with E-state index in [1.165, 1.54) is 0 Å². The maximum Gasteiger partial charge on any atom is 0.251 e. The maximum absolute atomic E-state index is 13.9. The number of benzene rings is 2. The third kappa shape index (κ3) is 9.29. The summed E-state index contributed by atoms with van der Waals surface area (Å²) in [6.45, 7) is 12.5. The van der Waals surface area contributed by atoms with Crippen molar-refractivity contribution in [3.63, 3.8) is 0 Å². The van der Waals surface area contributed by atoms with Gasteiger partial charge in [0, 0.05) is 51.5 Å². The number of hydrogen-bond acceptors (Lipinski definition) is 8. The van der Waals surface area contributed by atoms with Crippen molar-refractivity contribution in [2.24, 2.45) is 11.3 Å². The van der Waals surface area contributed by atoms with Crippen LogP contribution in [0.5, 0.6) is 17.2 Å². The molecule has 0 aromatic heterocycles. The van der Waals surface area contributed by atoms with Crippen LogP contribution in [0, 0.1) is 11.3 Å². The number of hydrogen-bond donors (Lipinski definition) is 3. The molecule has 3 fully saturated rings. The quantitative estimate of drug-likeness (QED) is 0.282. The Bertz CT molecular complexity index is 1450. The molecule has 276 valence electrons. The topological polar surface area (TPSA) is 130 Å². The van der Waals surface area contributed by atoms with Gasteiger partial charge in [0.15, 0.2) is 11.5 Å². The zero-order chi connectivity index (χ0) is 35.2. The molecule has 2 atom stereocenters. The number of nitrogens with one attached hydrogen (secondary N) is 2. The zero-order valence-corrected chi connectivity index (χ0v) is 31.0. The lowest BCUT2D eigenvalue weighted by molar-refractivity contribution is -0.166. The molecule has 0 radical (unpaired) electrons. The minimum absolute atomic E-state index is 0. The van der Waals surface area contributed by atoms with Crippen molar-refractivity contribution in [1.82, 2.24) is 20.4 Å². The Hall–Kier alpha value is -3.38. The Kier molecular flexibility index (Phi) is 13.6. The molecule has 3 aliphatic rings. The molecule has 12 heteroatoms. The molecule has 2 aromatic carbocycles. The molecule has 11 nitrogen and oxygen atoms in total. The van der Waals surface area contributed by atoms with Crippen LogP contribution in [0.1, 0.15) is 82.1 Å². The molecule has 3 saturated heterocycles. The number of aliphatic hydroxyl groups excluding tert-OH is 1. The average Bonchev–Trinajstić information content (AvgIpc) is 3.10. The molecule has 3 amide bonds. The molecule has 2 aromatic rings. The molecule has 3 aliphatic heterocycles. The molecule has 0 unspecified atom stereocenters. The van der Waals surface area contributed by atoms with Crippen molar-refractivity contribution < 1.29 is 33.7 Å². The van der Waals surface area contributed by atoms with E-state index in [2.05, 4.69) is 43.2 Å². The molecule has 0 aliphatic carbocycles. The van der Waals surface area contributed by atoms with Crippen molar-refractivity contribution in [3.05, 3.63) is 53.6 Å². The fraction of sp³-hybridized carbons (Fsp3) is 0.605. The standard InChI is InChI=1S/C38H54N4O7.ClH/c1-6-7-18-42-35(45)32(33(43)27-14-21-48-22-15-27)40-36(46)38(42)16-19-41(20-17-38)24-26-8-11-29(12-9-26)49-30-13-10-28(23-31(30)47-5)34(44)39-25-37(2,3)4;/h8-13,23,27,32-33,43H,6-7,14-22,24-25H2,1-5H3,(H,39,44)(H,40,46);1H/t32-,33-;/m1./s1. The molecular formula is C38H55ClN4O7.